The lowest BCUT2D eigenvalue weighted by molar-refractivity contribution is 0.102. The summed E-state index contributed by atoms with van der Waals surface area (Å²) < 4.78 is 1.62. The van der Waals surface area contributed by atoms with Crippen LogP contribution in [0.2, 0.25) is 0 Å². The van der Waals surface area contributed by atoms with Crippen LogP contribution in [0.25, 0.3) is 0 Å². The van der Waals surface area contributed by atoms with Crippen molar-refractivity contribution in [1.29, 1.82) is 0 Å². The predicted molar refractivity (Wildman–Crippen MR) is 87.4 cm³/mol. The first kappa shape index (κ1) is 15.1. The SMILES string of the molecule is Cc1cc(NC(=O)c2ccc(Br)cc2Br)c(C)cc1O. The van der Waals surface area contributed by atoms with Crippen LogP contribution in [0.3, 0.4) is 0 Å². The van der Waals surface area contributed by atoms with Crippen LogP contribution in [-0.2, 0) is 0 Å². The predicted octanol–water partition coefficient (Wildman–Crippen LogP) is 4.79. The van der Waals surface area contributed by atoms with Crippen LogP contribution in [0.15, 0.2) is 39.3 Å². The molecule has 0 aliphatic heterocycles. The van der Waals surface area contributed by atoms with Gasteiger partial charge in [-0.25, -0.2) is 0 Å². The molecule has 5 heteroatoms. The van der Waals surface area contributed by atoms with Crippen LogP contribution in [0, 0.1) is 13.8 Å². The minimum Gasteiger partial charge on any atom is -0.508 e. The monoisotopic (exact) mass is 397 g/mol. The third kappa shape index (κ3) is 3.22. The highest BCUT2D eigenvalue weighted by molar-refractivity contribution is 9.11. The number of rotatable bonds is 2. The lowest BCUT2D eigenvalue weighted by Crippen LogP contribution is -2.13. The molecule has 0 atom stereocenters. The van der Waals surface area contributed by atoms with E-state index in [-0.39, 0.29) is 11.7 Å². The largest absolute Gasteiger partial charge is 0.508 e. The fourth-order valence-corrected chi connectivity index (χ4v) is 3.03. The molecule has 2 rings (SSSR count). The van der Waals surface area contributed by atoms with Crippen LogP contribution >= 0.6 is 31.9 Å². The topological polar surface area (TPSA) is 49.3 Å². The molecule has 1 amide bonds. The molecule has 0 unspecified atom stereocenters. The van der Waals surface area contributed by atoms with Gasteiger partial charge in [-0.15, -0.1) is 0 Å². The Labute approximate surface area is 134 Å². The lowest BCUT2D eigenvalue weighted by Gasteiger charge is -2.11. The third-order valence-corrected chi connectivity index (χ3v) is 4.12. The highest BCUT2D eigenvalue weighted by Crippen LogP contribution is 2.27. The zero-order valence-electron chi connectivity index (χ0n) is 11.0. The highest BCUT2D eigenvalue weighted by atomic mass is 79.9. The molecular formula is C15H13Br2NO2. The summed E-state index contributed by atoms with van der Waals surface area (Å²) in [4.78, 5) is 12.3. The van der Waals surface area contributed by atoms with E-state index in [0.29, 0.717) is 11.3 Å². The third-order valence-electron chi connectivity index (χ3n) is 2.97. The van der Waals surface area contributed by atoms with Gasteiger partial charge in [0.05, 0.1) is 5.56 Å². The summed E-state index contributed by atoms with van der Waals surface area (Å²) >= 11 is 6.73. The number of anilines is 1. The Morgan fingerprint density at radius 2 is 1.80 bits per heavy atom. The molecule has 2 N–H and O–H groups in total. The summed E-state index contributed by atoms with van der Waals surface area (Å²) in [7, 11) is 0. The highest BCUT2D eigenvalue weighted by Gasteiger charge is 2.12. The molecule has 20 heavy (non-hydrogen) atoms. The molecule has 2 aromatic carbocycles. The molecule has 0 aliphatic carbocycles. The van der Waals surface area contributed by atoms with Crippen LogP contribution in [0.4, 0.5) is 5.69 Å². The number of phenolic OH excluding ortho intramolecular Hbond substituents is 1. The van der Waals surface area contributed by atoms with Gasteiger partial charge in [0.1, 0.15) is 5.75 Å². The first-order valence-corrected chi connectivity index (χ1v) is 7.53. The molecule has 0 saturated carbocycles. The van der Waals surface area contributed by atoms with Crippen molar-refractivity contribution in [3.05, 3.63) is 56.0 Å². The Hall–Kier alpha value is -1.33. The lowest BCUT2D eigenvalue weighted by atomic mass is 10.1. The standard InChI is InChI=1S/C15H13Br2NO2/c1-8-6-14(19)9(2)5-13(8)18-15(20)11-4-3-10(16)7-12(11)17/h3-7,19H,1-2H3,(H,18,20). The van der Waals surface area contributed by atoms with E-state index in [1.165, 1.54) is 0 Å². The Bertz CT molecular complexity index is 684. The van der Waals surface area contributed by atoms with Gasteiger partial charge in [-0.3, -0.25) is 4.79 Å². The minimum atomic E-state index is -0.197. The molecule has 0 bridgehead atoms. The number of halogens is 2. The van der Waals surface area contributed by atoms with Crippen molar-refractivity contribution < 1.29 is 9.90 Å². The number of aromatic hydroxyl groups is 1. The molecule has 0 spiro atoms. The van der Waals surface area contributed by atoms with Gasteiger partial charge in [0.25, 0.3) is 5.91 Å². The average molecular weight is 399 g/mol. The van der Waals surface area contributed by atoms with Gasteiger partial charge in [-0.2, -0.15) is 0 Å². The molecule has 2 aromatic rings. The van der Waals surface area contributed by atoms with Crippen molar-refractivity contribution in [2.45, 2.75) is 13.8 Å². The average Bonchev–Trinajstić information content (AvgIpc) is 2.35. The Kier molecular flexibility index (Phi) is 4.50. The van der Waals surface area contributed by atoms with Gasteiger partial charge in [-0.1, -0.05) is 15.9 Å². The van der Waals surface area contributed by atoms with E-state index in [4.69, 9.17) is 0 Å². The number of nitrogens with one attached hydrogen (secondary N) is 1. The number of carbonyl (C=O) groups excluding carboxylic acids is 1. The van der Waals surface area contributed by atoms with Gasteiger partial charge in [0, 0.05) is 14.6 Å². The number of carbonyl (C=O) groups is 1. The second kappa shape index (κ2) is 5.97. The molecule has 0 aromatic heterocycles. The zero-order chi connectivity index (χ0) is 14.9. The fraction of sp³-hybridized carbons (Fsp3) is 0.133. The summed E-state index contributed by atoms with van der Waals surface area (Å²) in [6, 6.07) is 8.78. The maximum Gasteiger partial charge on any atom is 0.256 e. The fourth-order valence-electron chi connectivity index (χ4n) is 1.80. The van der Waals surface area contributed by atoms with E-state index in [0.717, 1.165) is 20.1 Å². The minimum absolute atomic E-state index is 0.197. The Balaban J connectivity index is 2.30. The van der Waals surface area contributed by atoms with E-state index in [9.17, 15) is 9.90 Å². The van der Waals surface area contributed by atoms with Crippen LogP contribution in [-0.4, -0.2) is 11.0 Å². The van der Waals surface area contributed by atoms with Gasteiger partial charge in [-0.05, 0) is 71.2 Å². The van der Waals surface area contributed by atoms with Crippen molar-refractivity contribution in [3.63, 3.8) is 0 Å². The summed E-state index contributed by atoms with van der Waals surface area (Å²) in [5.41, 5.74) is 2.79. The number of amides is 1. The second-order valence-electron chi connectivity index (χ2n) is 4.53. The van der Waals surface area contributed by atoms with Crippen molar-refractivity contribution in [1.82, 2.24) is 0 Å². The number of hydrogen-bond donors (Lipinski definition) is 2. The van der Waals surface area contributed by atoms with Crippen LogP contribution < -0.4 is 5.32 Å². The number of aryl methyl sites for hydroxylation is 2. The van der Waals surface area contributed by atoms with Crippen molar-refractivity contribution in [2.75, 3.05) is 5.32 Å². The maximum absolute atomic E-state index is 12.3. The van der Waals surface area contributed by atoms with E-state index < -0.39 is 0 Å². The summed E-state index contributed by atoms with van der Waals surface area (Å²) in [6.07, 6.45) is 0. The number of phenols is 1. The summed E-state index contributed by atoms with van der Waals surface area (Å²) in [5.74, 6) is 0.0305. The molecule has 0 aliphatic rings. The molecule has 0 radical (unpaired) electrons. The summed E-state index contributed by atoms with van der Waals surface area (Å²) in [6.45, 7) is 3.63. The van der Waals surface area contributed by atoms with E-state index in [1.54, 1.807) is 25.1 Å². The first-order valence-electron chi connectivity index (χ1n) is 5.95. The quantitative estimate of drug-likeness (QED) is 0.714. The molecular weight excluding hydrogens is 386 g/mol. The molecule has 104 valence electrons. The molecule has 0 heterocycles. The van der Waals surface area contributed by atoms with E-state index >= 15 is 0 Å². The summed E-state index contributed by atoms with van der Waals surface area (Å²) in [5, 5.41) is 12.5. The number of benzene rings is 2. The van der Waals surface area contributed by atoms with Crippen molar-refractivity contribution in [2.24, 2.45) is 0 Å². The molecule has 3 nitrogen and oxygen atoms in total. The van der Waals surface area contributed by atoms with Crippen molar-refractivity contribution in [3.8, 4) is 5.75 Å². The maximum atomic E-state index is 12.3. The smallest absolute Gasteiger partial charge is 0.256 e. The molecule has 0 saturated heterocycles. The second-order valence-corrected chi connectivity index (χ2v) is 6.30. The van der Waals surface area contributed by atoms with E-state index in [2.05, 4.69) is 37.2 Å². The van der Waals surface area contributed by atoms with E-state index in [1.807, 2.05) is 19.1 Å². The normalized spacial score (nSPS) is 10.4. The van der Waals surface area contributed by atoms with Gasteiger partial charge in [0.2, 0.25) is 0 Å². The van der Waals surface area contributed by atoms with Crippen molar-refractivity contribution >= 4 is 43.5 Å². The zero-order valence-corrected chi connectivity index (χ0v) is 14.2. The van der Waals surface area contributed by atoms with Crippen LogP contribution in [0.5, 0.6) is 5.75 Å². The van der Waals surface area contributed by atoms with Gasteiger partial charge in [0.15, 0.2) is 0 Å². The van der Waals surface area contributed by atoms with Crippen LogP contribution in [0.1, 0.15) is 21.5 Å². The Morgan fingerprint density at radius 3 is 2.45 bits per heavy atom. The number of hydrogen-bond acceptors (Lipinski definition) is 2. The molecule has 0 fully saturated rings. The van der Waals surface area contributed by atoms with Gasteiger partial charge >= 0.3 is 0 Å². The van der Waals surface area contributed by atoms with Gasteiger partial charge < -0.3 is 10.4 Å². The Morgan fingerprint density at radius 1 is 1.10 bits per heavy atom. The first-order chi connectivity index (χ1) is 9.38.